The van der Waals surface area contributed by atoms with Gasteiger partial charge in [0.05, 0.1) is 0 Å². The van der Waals surface area contributed by atoms with Crippen LogP contribution in [0.5, 0.6) is 0 Å². The smallest absolute Gasteiger partial charge is 0.195 e. The Kier molecular flexibility index (Phi) is 5.16. The van der Waals surface area contributed by atoms with Crippen LogP contribution in [-0.4, -0.2) is 38.8 Å². The first-order valence-electron chi connectivity index (χ1n) is 7.48. The monoisotopic (exact) mass is 282 g/mol. The lowest BCUT2D eigenvalue weighted by atomic mass is 10.0. The van der Waals surface area contributed by atoms with Crippen molar-refractivity contribution in [1.82, 2.24) is 19.7 Å². The molecule has 1 aromatic heterocycles. The summed E-state index contributed by atoms with van der Waals surface area (Å²) < 4.78 is 2.92. The maximum atomic E-state index is 5.32. The lowest BCUT2D eigenvalue weighted by Crippen LogP contribution is -2.38. The predicted octanol–water partition coefficient (Wildman–Crippen LogP) is 3.33. The van der Waals surface area contributed by atoms with Crippen LogP contribution in [0, 0.1) is 4.77 Å². The van der Waals surface area contributed by atoms with E-state index < -0.39 is 0 Å². The second-order valence-corrected chi connectivity index (χ2v) is 6.31. The minimum Gasteiger partial charge on any atom is -0.304 e. The third-order valence-corrected chi connectivity index (χ3v) is 4.38. The van der Waals surface area contributed by atoms with Crippen molar-refractivity contribution >= 4 is 12.2 Å². The molecule has 0 bridgehead atoms. The van der Waals surface area contributed by atoms with Crippen LogP contribution in [-0.2, 0) is 6.54 Å². The fourth-order valence-electron chi connectivity index (χ4n) is 2.91. The van der Waals surface area contributed by atoms with Crippen LogP contribution >= 0.6 is 12.2 Å². The zero-order valence-corrected chi connectivity index (χ0v) is 13.2. The SMILES string of the molecule is CC(C)c1n[nH]c(=S)n1CCCN1CCCCC1C. The molecule has 1 aromatic rings. The fraction of sp³-hybridized carbons (Fsp3) is 0.857. The molecule has 1 fully saturated rings. The lowest BCUT2D eigenvalue weighted by molar-refractivity contribution is 0.156. The summed E-state index contributed by atoms with van der Waals surface area (Å²) in [5.41, 5.74) is 0. The van der Waals surface area contributed by atoms with Crippen molar-refractivity contribution < 1.29 is 0 Å². The lowest BCUT2D eigenvalue weighted by Gasteiger charge is -2.33. The highest BCUT2D eigenvalue weighted by atomic mass is 32.1. The van der Waals surface area contributed by atoms with Crippen molar-refractivity contribution in [3.8, 4) is 0 Å². The predicted molar refractivity (Wildman–Crippen MR) is 81.0 cm³/mol. The molecule has 1 saturated heterocycles. The summed E-state index contributed by atoms with van der Waals surface area (Å²) in [7, 11) is 0. The molecule has 0 radical (unpaired) electrons. The van der Waals surface area contributed by atoms with E-state index in [1.165, 1.54) is 32.4 Å². The van der Waals surface area contributed by atoms with Crippen molar-refractivity contribution in [2.24, 2.45) is 0 Å². The van der Waals surface area contributed by atoms with Gasteiger partial charge in [0.1, 0.15) is 5.82 Å². The number of nitrogens with one attached hydrogen (secondary N) is 1. The second-order valence-electron chi connectivity index (χ2n) is 5.93. The Balaban J connectivity index is 1.88. The number of H-pyrrole nitrogens is 1. The maximum Gasteiger partial charge on any atom is 0.195 e. The van der Waals surface area contributed by atoms with Crippen molar-refractivity contribution in [3.63, 3.8) is 0 Å². The molecule has 108 valence electrons. The van der Waals surface area contributed by atoms with Crippen molar-refractivity contribution in [2.75, 3.05) is 13.1 Å². The summed E-state index contributed by atoms with van der Waals surface area (Å²) in [5.74, 6) is 1.50. The molecule has 1 N–H and O–H groups in total. The van der Waals surface area contributed by atoms with Crippen molar-refractivity contribution in [1.29, 1.82) is 0 Å². The van der Waals surface area contributed by atoms with Gasteiger partial charge in [-0.3, -0.25) is 5.10 Å². The van der Waals surface area contributed by atoms with Crippen LogP contribution in [0.3, 0.4) is 0 Å². The molecule has 1 atom stereocenters. The number of likely N-dealkylation sites (tertiary alicyclic amines) is 1. The zero-order chi connectivity index (χ0) is 13.8. The molecule has 0 aromatic carbocycles. The third kappa shape index (κ3) is 3.66. The van der Waals surface area contributed by atoms with Gasteiger partial charge in [0.25, 0.3) is 0 Å². The Morgan fingerprint density at radius 1 is 1.37 bits per heavy atom. The van der Waals surface area contributed by atoms with Gasteiger partial charge in [0.15, 0.2) is 4.77 Å². The molecule has 4 nitrogen and oxygen atoms in total. The molecule has 5 heteroatoms. The van der Waals surface area contributed by atoms with Gasteiger partial charge in [-0.05, 0) is 44.9 Å². The molecule has 1 aliphatic heterocycles. The van der Waals surface area contributed by atoms with E-state index in [4.69, 9.17) is 12.2 Å². The molecule has 0 saturated carbocycles. The summed E-state index contributed by atoms with van der Waals surface area (Å²) in [6.07, 6.45) is 5.25. The first kappa shape index (κ1) is 14.7. The maximum absolute atomic E-state index is 5.32. The van der Waals surface area contributed by atoms with Gasteiger partial charge in [-0.25, -0.2) is 0 Å². The highest BCUT2D eigenvalue weighted by Crippen LogP contribution is 2.17. The van der Waals surface area contributed by atoms with E-state index in [1.807, 2.05) is 0 Å². The van der Waals surface area contributed by atoms with Crippen LogP contribution in [0.15, 0.2) is 0 Å². The number of rotatable bonds is 5. The summed E-state index contributed by atoms with van der Waals surface area (Å²) in [5, 5.41) is 7.25. The number of hydrogen-bond acceptors (Lipinski definition) is 3. The first-order valence-corrected chi connectivity index (χ1v) is 7.89. The Bertz CT molecular complexity index is 449. The average molecular weight is 282 g/mol. The number of aromatic nitrogens is 3. The van der Waals surface area contributed by atoms with Crippen LogP contribution in [0.4, 0.5) is 0 Å². The van der Waals surface area contributed by atoms with Gasteiger partial charge in [0, 0.05) is 25.0 Å². The van der Waals surface area contributed by atoms with Gasteiger partial charge in [-0.2, -0.15) is 5.10 Å². The highest BCUT2D eigenvalue weighted by Gasteiger charge is 2.17. The second kappa shape index (κ2) is 6.66. The van der Waals surface area contributed by atoms with E-state index in [1.54, 1.807) is 0 Å². The molecular weight excluding hydrogens is 256 g/mol. The summed E-state index contributed by atoms with van der Waals surface area (Å²) in [4.78, 5) is 2.61. The van der Waals surface area contributed by atoms with Crippen LogP contribution < -0.4 is 0 Å². The normalized spacial score (nSPS) is 21.2. The molecule has 1 unspecified atom stereocenters. The van der Waals surface area contributed by atoms with Gasteiger partial charge in [-0.15, -0.1) is 0 Å². The molecule has 0 amide bonds. The van der Waals surface area contributed by atoms with Crippen molar-refractivity contribution in [2.45, 2.75) is 65.0 Å². The third-order valence-electron chi connectivity index (χ3n) is 4.07. The quantitative estimate of drug-likeness (QED) is 0.842. The fourth-order valence-corrected chi connectivity index (χ4v) is 3.14. The van der Waals surface area contributed by atoms with E-state index in [2.05, 4.69) is 40.4 Å². The molecule has 1 aliphatic rings. The van der Waals surface area contributed by atoms with Crippen LogP contribution in [0.1, 0.15) is 58.2 Å². The van der Waals surface area contributed by atoms with E-state index in [0.29, 0.717) is 5.92 Å². The molecular formula is C14H26N4S. The Morgan fingerprint density at radius 3 is 2.84 bits per heavy atom. The van der Waals surface area contributed by atoms with Gasteiger partial charge in [0.2, 0.25) is 0 Å². The summed E-state index contributed by atoms with van der Waals surface area (Å²) in [6.45, 7) is 10.1. The first-order chi connectivity index (χ1) is 9.09. The Morgan fingerprint density at radius 2 is 2.16 bits per heavy atom. The van der Waals surface area contributed by atoms with E-state index in [9.17, 15) is 0 Å². The van der Waals surface area contributed by atoms with Crippen LogP contribution in [0.25, 0.3) is 0 Å². The molecule has 2 rings (SSSR count). The number of aromatic amines is 1. The van der Waals surface area contributed by atoms with E-state index in [-0.39, 0.29) is 0 Å². The molecule has 2 heterocycles. The largest absolute Gasteiger partial charge is 0.304 e. The van der Waals surface area contributed by atoms with Crippen molar-refractivity contribution in [3.05, 3.63) is 10.6 Å². The Hall–Kier alpha value is -0.680. The molecule has 19 heavy (non-hydrogen) atoms. The number of nitrogens with zero attached hydrogens (tertiary/aromatic N) is 3. The summed E-state index contributed by atoms with van der Waals surface area (Å²) >= 11 is 5.32. The summed E-state index contributed by atoms with van der Waals surface area (Å²) in [6, 6.07) is 0.746. The minimum atomic E-state index is 0.418. The zero-order valence-electron chi connectivity index (χ0n) is 12.4. The van der Waals surface area contributed by atoms with Gasteiger partial charge < -0.3 is 9.47 Å². The standard InChI is InChI=1S/C14H26N4S/c1-11(2)13-15-16-14(19)18(13)10-6-9-17-8-5-4-7-12(17)3/h11-12H,4-10H2,1-3H3,(H,16,19). The van der Waals surface area contributed by atoms with Gasteiger partial charge >= 0.3 is 0 Å². The van der Waals surface area contributed by atoms with E-state index >= 15 is 0 Å². The topological polar surface area (TPSA) is 36.9 Å². The van der Waals surface area contributed by atoms with E-state index in [0.717, 1.165) is 29.6 Å². The van der Waals surface area contributed by atoms with Gasteiger partial charge in [-0.1, -0.05) is 20.3 Å². The highest BCUT2D eigenvalue weighted by molar-refractivity contribution is 7.71. The Labute approximate surface area is 121 Å². The number of hydrogen-bond donors (Lipinski definition) is 1. The number of piperidine rings is 1. The average Bonchev–Trinajstić information content (AvgIpc) is 2.74. The molecule has 0 aliphatic carbocycles. The minimum absolute atomic E-state index is 0.418. The molecule has 0 spiro atoms. The van der Waals surface area contributed by atoms with Crippen LogP contribution in [0.2, 0.25) is 0 Å².